The van der Waals surface area contributed by atoms with E-state index in [1.54, 1.807) is 6.20 Å². The summed E-state index contributed by atoms with van der Waals surface area (Å²) in [5.41, 5.74) is 0.395. The van der Waals surface area contributed by atoms with E-state index >= 15 is 0 Å². The van der Waals surface area contributed by atoms with Crippen LogP contribution in [0.15, 0.2) is 36.5 Å². The van der Waals surface area contributed by atoms with E-state index in [0.29, 0.717) is 25.0 Å². The van der Waals surface area contributed by atoms with Gasteiger partial charge in [-0.1, -0.05) is 24.3 Å². The molecule has 0 radical (unpaired) electrons. The third-order valence-electron chi connectivity index (χ3n) is 4.01. The largest absolute Gasteiger partial charge is 0.481 e. The first-order valence-corrected chi connectivity index (χ1v) is 7.02. The lowest BCUT2D eigenvalue weighted by molar-refractivity contribution is -0.141. The van der Waals surface area contributed by atoms with Gasteiger partial charge in [0, 0.05) is 17.6 Å². The highest BCUT2D eigenvalue weighted by Crippen LogP contribution is 2.26. The van der Waals surface area contributed by atoms with Gasteiger partial charge in [-0.05, 0) is 30.7 Å². The number of carboxylic acid groups (broad SMARTS) is 1. The maximum absolute atomic E-state index is 12.4. The van der Waals surface area contributed by atoms with Crippen molar-refractivity contribution in [1.29, 1.82) is 0 Å². The Bertz CT molecular complexity index is 693. The summed E-state index contributed by atoms with van der Waals surface area (Å²) in [6.45, 7) is 0. The van der Waals surface area contributed by atoms with Crippen molar-refractivity contribution in [1.82, 2.24) is 10.3 Å². The standard InChI is InChI=1S/C16H16N2O3/c19-15(18-12-6-5-11(9-12)16(20)21)14-13-4-2-1-3-10(13)7-8-17-14/h1-4,7-8,11-12H,5-6,9H2,(H,18,19)(H,20,21). The highest BCUT2D eigenvalue weighted by molar-refractivity contribution is 6.05. The van der Waals surface area contributed by atoms with Gasteiger partial charge in [0.15, 0.2) is 0 Å². The minimum Gasteiger partial charge on any atom is -0.481 e. The number of aliphatic carboxylic acids is 1. The second-order valence-corrected chi connectivity index (χ2v) is 5.40. The van der Waals surface area contributed by atoms with Gasteiger partial charge in [0.1, 0.15) is 5.69 Å². The minimum absolute atomic E-state index is 0.0839. The zero-order chi connectivity index (χ0) is 14.8. The van der Waals surface area contributed by atoms with Crippen LogP contribution in [0.2, 0.25) is 0 Å². The fraction of sp³-hybridized carbons (Fsp3) is 0.312. The molecule has 1 aliphatic carbocycles. The smallest absolute Gasteiger partial charge is 0.306 e. The lowest BCUT2D eigenvalue weighted by Gasteiger charge is -2.13. The van der Waals surface area contributed by atoms with Crippen LogP contribution in [0.3, 0.4) is 0 Å². The highest BCUT2D eigenvalue weighted by atomic mass is 16.4. The Morgan fingerprint density at radius 1 is 1.19 bits per heavy atom. The van der Waals surface area contributed by atoms with Crippen LogP contribution in [-0.2, 0) is 4.79 Å². The quantitative estimate of drug-likeness (QED) is 0.905. The number of amides is 1. The van der Waals surface area contributed by atoms with Crippen LogP contribution in [0.4, 0.5) is 0 Å². The van der Waals surface area contributed by atoms with E-state index < -0.39 is 5.97 Å². The van der Waals surface area contributed by atoms with Gasteiger partial charge in [-0.2, -0.15) is 0 Å². The molecule has 5 heteroatoms. The molecule has 1 amide bonds. The number of fused-ring (bicyclic) bond motifs is 1. The molecular weight excluding hydrogens is 268 g/mol. The van der Waals surface area contributed by atoms with E-state index in [-0.39, 0.29) is 17.9 Å². The van der Waals surface area contributed by atoms with E-state index in [2.05, 4.69) is 10.3 Å². The maximum Gasteiger partial charge on any atom is 0.306 e. The molecule has 1 heterocycles. The summed E-state index contributed by atoms with van der Waals surface area (Å²) in [6.07, 6.45) is 3.43. The predicted octanol–water partition coefficient (Wildman–Crippen LogP) is 2.22. The van der Waals surface area contributed by atoms with Crippen molar-refractivity contribution < 1.29 is 14.7 Å². The summed E-state index contributed by atoms with van der Waals surface area (Å²) in [5.74, 6) is -1.37. The van der Waals surface area contributed by atoms with E-state index in [1.807, 2.05) is 30.3 Å². The van der Waals surface area contributed by atoms with Crippen molar-refractivity contribution >= 4 is 22.6 Å². The molecule has 1 aromatic carbocycles. The second-order valence-electron chi connectivity index (χ2n) is 5.40. The molecule has 2 unspecified atom stereocenters. The number of carbonyl (C=O) groups excluding carboxylic acids is 1. The van der Waals surface area contributed by atoms with Gasteiger partial charge in [0.2, 0.25) is 0 Å². The van der Waals surface area contributed by atoms with Crippen molar-refractivity contribution in [3.05, 3.63) is 42.2 Å². The molecule has 1 aliphatic rings. The summed E-state index contributed by atoms with van der Waals surface area (Å²) in [4.78, 5) is 27.5. The lowest BCUT2D eigenvalue weighted by Crippen LogP contribution is -2.34. The van der Waals surface area contributed by atoms with Gasteiger partial charge < -0.3 is 10.4 Å². The molecule has 1 aromatic heterocycles. The van der Waals surface area contributed by atoms with Crippen molar-refractivity contribution in [2.75, 3.05) is 0 Å². The molecule has 1 fully saturated rings. The number of carbonyl (C=O) groups is 2. The van der Waals surface area contributed by atoms with Gasteiger partial charge in [0.05, 0.1) is 5.92 Å². The van der Waals surface area contributed by atoms with Crippen LogP contribution in [0.1, 0.15) is 29.8 Å². The second kappa shape index (κ2) is 5.52. The van der Waals surface area contributed by atoms with Crippen LogP contribution in [0.25, 0.3) is 10.8 Å². The highest BCUT2D eigenvalue weighted by Gasteiger charge is 2.31. The number of nitrogens with one attached hydrogen (secondary N) is 1. The molecule has 0 saturated heterocycles. The average molecular weight is 284 g/mol. The molecule has 3 rings (SSSR count). The third-order valence-corrected chi connectivity index (χ3v) is 4.01. The summed E-state index contributed by atoms with van der Waals surface area (Å²) in [5, 5.41) is 13.7. The van der Waals surface area contributed by atoms with Gasteiger partial charge in [-0.25, -0.2) is 0 Å². The number of benzene rings is 1. The Balaban J connectivity index is 1.78. The zero-order valence-electron chi connectivity index (χ0n) is 11.5. The van der Waals surface area contributed by atoms with Gasteiger partial charge in [0.25, 0.3) is 5.91 Å². The number of hydrogen-bond donors (Lipinski definition) is 2. The molecule has 108 valence electrons. The summed E-state index contributed by atoms with van der Waals surface area (Å²) < 4.78 is 0. The van der Waals surface area contributed by atoms with Crippen molar-refractivity contribution in [2.24, 2.45) is 5.92 Å². The van der Waals surface area contributed by atoms with E-state index in [1.165, 1.54) is 0 Å². The minimum atomic E-state index is -0.782. The average Bonchev–Trinajstić information content (AvgIpc) is 2.95. The third kappa shape index (κ3) is 2.72. The Morgan fingerprint density at radius 3 is 2.76 bits per heavy atom. The summed E-state index contributed by atoms with van der Waals surface area (Å²) in [7, 11) is 0. The molecular formula is C16H16N2O3. The fourth-order valence-corrected chi connectivity index (χ4v) is 2.89. The molecule has 5 nitrogen and oxygen atoms in total. The first-order chi connectivity index (χ1) is 10.1. The number of carboxylic acids is 1. The Hall–Kier alpha value is -2.43. The zero-order valence-corrected chi connectivity index (χ0v) is 11.5. The molecule has 1 saturated carbocycles. The number of rotatable bonds is 3. The normalized spacial score (nSPS) is 21.3. The molecule has 0 spiro atoms. The molecule has 2 atom stereocenters. The number of hydrogen-bond acceptors (Lipinski definition) is 3. The van der Waals surface area contributed by atoms with Crippen LogP contribution in [0, 0.1) is 5.92 Å². The Morgan fingerprint density at radius 2 is 2.00 bits per heavy atom. The number of pyridine rings is 1. The molecule has 0 bridgehead atoms. The molecule has 2 aromatic rings. The van der Waals surface area contributed by atoms with Crippen LogP contribution in [-0.4, -0.2) is 28.0 Å². The molecule has 2 N–H and O–H groups in total. The predicted molar refractivity (Wildman–Crippen MR) is 78.0 cm³/mol. The number of aromatic nitrogens is 1. The van der Waals surface area contributed by atoms with Crippen molar-refractivity contribution in [2.45, 2.75) is 25.3 Å². The van der Waals surface area contributed by atoms with Gasteiger partial charge in [-0.3, -0.25) is 14.6 Å². The van der Waals surface area contributed by atoms with E-state index in [9.17, 15) is 9.59 Å². The van der Waals surface area contributed by atoms with Crippen LogP contribution >= 0.6 is 0 Å². The van der Waals surface area contributed by atoms with Crippen molar-refractivity contribution in [3.8, 4) is 0 Å². The summed E-state index contributed by atoms with van der Waals surface area (Å²) >= 11 is 0. The fourth-order valence-electron chi connectivity index (χ4n) is 2.89. The maximum atomic E-state index is 12.4. The van der Waals surface area contributed by atoms with Gasteiger partial charge in [-0.15, -0.1) is 0 Å². The lowest BCUT2D eigenvalue weighted by atomic mass is 10.1. The Labute approximate surface area is 122 Å². The van der Waals surface area contributed by atoms with Crippen molar-refractivity contribution in [3.63, 3.8) is 0 Å². The first-order valence-electron chi connectivity index (χ1n) is 7.02. The Kier molecular flexibility index (Phi) is 3.56. The summed E-state index contributed by atoms with van der Waals surface area (Å²) in [6, 6.07) is 9.37. The van der Waals surface area contributed by atoms with Crippen LogP contribution in [0.5, 0.6) is 0 Å². The van der Waals surface area contributed by atoms with Crippen LogP contribution < -0.4 is 5.32 Å². The number of nitrogens with zero attached hydrogens (tertiary/aromatic N) is 1. The monoisotopic (exact) mass is 284 g/mol. The molecule has 21 heavy (non-hydrogen) atoms. The SMILES string of the molecule is O=C(NC1CCC(C(=O)O)C1)c1nccc2ccccc12. The van der Waals surface area contributed by atoms with Gasteiger partial charge >= 0.3 is 5.97 Å². The molecule has 0 aliphatic heterocycles. The van der Waals surface area contributed by atoms with E-state index in [0.717, 1.165) is 10.8 Å². The first kappa shape index (κ1) is 13.5. The van der Waals surface area contributed by atoms with E-state index in [4.69, 9.17) is 5.11 Å². The topological polar surface area (TPSA) is 79.3 Å².